The second-order valence-electron chi connectivity index (χ2n) is 4.65. The third-order valence-electron chi connectivity index (χ3n) is 3.13. The first-order valence-electron chi connectivity index (χ1n) is 6.60. The number of nitrogens with one attached hydrogen (secondary N) is 1. The van der Waals surface area contributed by atoms with Crippen LogP contribution in [-0.4, -0.2) is 57.7 Å². The van der Waals surface area contributed by atoms with Crippen molar-refractivity contribution in [1.29, 1.82) is 0 Å². The minimum absolute atomic E-state index is 0.0169. The maximum atomic E-state index is 12.1. The number of hydrogen-bond donors (Lipinski definition) is 1. The van der Waals surface area contributed by atoms with Crippen molar-refractivity contribution in [2.75, 3.05) is 39.4 Å². The van der Waals surface area contributed by atoms with E-state index in [0.717, 1.165) is 39.3 Å². The Morgan fingerprint density at radius 1 is 1.33 bits per heavy atom. The van der Waals surface area contributed by atoms with Gasteiger partial charge in [-0.15, -0.1) is 0 Å². The molecular formula is C12H17Cl2N3O3S. The highest BCUT2D eigenvalue weighted by atomic mass is 35.5. The average molecular weight is 354 g/mol. The van der Waals surface area contributed by atoms with Gasteiger partial charge in [-0.2, -0.15) is 0 Å². The topological polar surface area (TPSA) is 71.5 Å². The smallest absolute Gasteiger partial charge is 0.242 e. The molecule has 6 nitrogen and oxygen atoms in total. The molecule has 1 aliphatic heterocycles. The van der Waals surface area contributed by atoms with Gasteiger partial charge in [-0.05, 0) is 19.0 Å². The first kappa shape index (κ1) is 16.9. The van der Waals surface area contributed by atoms with Gasteiger partial charge in [0.05, 0.1) is 18.2 Å². The number of halogens is 2. The second-order valence-corrected chi connectivity index (χ2v) is 7.18. The predicted octanol–water partition coefficient (Wildman–Crippen LogP) is 1.39. The molecule has 1 N–H and O–H groups in total. The largest absolute Gasteiger partial charge is 0.379 e. The molecule has 1 aliphatic rings. The van der Waals surface area contributed by atoms with E-state index in [0.29, 0.717) is 6.54 Å². The number of hydrogen-bond acceptors (Lipinski definition) is 5. The highest BCUT2D eigenvalue weighted by molar-refractivity contribution is 7.89. The summed E-state index contributed by atoms with van der Waals surface area (Å²) in [4.78, 5) is 6.00. The minimum Gasteiger partial charge on any atom is -0.379 e. The van der Waals surface area contributed by atoms with E-state index in [-0.39, 0.29) is 15.1 Å². The number of pyridine rings is 1. The van der Waals surface area contributed by atoms with Crippen LogP contribution in [0.3, 0.4) is 0 Å². The molecular weight excluding hydrogens is 337 g/mol. The maximum absolute atomic E-state index is 12.1. The van der Waals surface area contributed by atoms with Crippen LogP contribution in [0.15, 0.2) is 17.2 Å². The standard InChI is InChI=1S/C12H17Cl2N3O3S/c13-11-8-10(9-15-12(11)14)21(18,19)16-2-1-3-17-4-6-20-7-5-17/h8-9,16H,1-7H2. The van der Waals surface area contributed by atoms with E-state index in [1.165, 1.54) is 12.3 Å². The van der Waals surface area contributed by atoms with Gasteiger partial charge < -0.3 is 4.74 Å². The fourth-order valence-electron chi connectivity index (χ4n) is 1.97. The summed E-state index contributed by atoms with van der Waals surface area (Å²) in [6.45, 7) is 4.46. The van der Waals surface area contributed by atoms with Gasteiger partial charge in [0.25, 0.3) is 0 Å². The lowest BCUT2D eigenvalue weighted by Crippen LogP contribution is -2.38. The third-order valence-corrected chi connectivity index (χ3v) is 5.24. The molecule has 2 rings (SSSR count). The molecule has 0 amide bonds. The summed E-state index contributed by atoms with van der Waals surface area (Å²) in [6.07, 6.45) is 1.92. The van der Waals surface area contributed by atoms with Crippen LogP contribution in [0.1, 0.15) is 6.42 Å². The van der Waals surface area contributed by atoms with Crippen LogP contribution in [-0.2, 0) is 14.8 Å². The van der Waals surface area contributed by atoms with Crippen molar-refractivity contribution in [2.24, 2.45) is 0 Å². The van der Waals surface area contributed by atoms with Crippen LogP contribution in [0.2, 0.25) is 10.2 Å². The number of morpholine rings is 1. The number of sulfonamides is 1. The Labute approximate surface area is 134 Å². The minimum atomic E-state index is -3.60. The number of ether oxygens (including phenoxy) is 1. The predicted molar refractivity (Wildman–Crippen MR) is 81.3 cm³/mol. The Bertz CT molecular complexity index is 577. The molecule has 0 spiro atoms. The molecule has 118 valence electrons. The van der Waals surface area contributed by atoms with Crippen LogP contribution in [0.4, 0.5) is 0 Å². The molecule has 9 heteroatoms. The molecule has 21 heavy (non-hydrogen) atoms. The molecule has 1 aromatic heterocycles. The molecule has 0 unspecified atom stereocenters. The van der Waals surface area contributed by atoms with E-state index in [4.69, 9.17) is 27.9 Å². The zero-order valence-electron chi connectivity index (χ0n) is 11.4. The maximum Gasteiger partial charge on any atom is 0.242 e. The number of aromatic nitrogens is 1. The van der Waals surface area contributed by atoms with Gasteiger partial charge in [-0.3, -0.25) is 4.90 Å². The van der Waals surface area contributed by atoms with Crippen LogP contribution >= 0.6 is 23.2 Å². The first-order valence-corrected chi connectivity index (χ1v) is 8.84. The molecule has 0 radical (unpaired) electrons. The van der Waals surface area contributed by atoms with E-state index in [9.17, 15) is 8.42 Å². The molecule has 2 heterocycles. The van der Waals surface area contributed by atoms with Gasteiger partial charge in [0, 0.05) is 25.8 Å². The van der Waals surface area contributed by atoms with Crippen molar-refractivity contribution >= 4 is 33.2 Å². The van der Waals surface area contributed by atoms with E-state index in [1.807, 2.05) is 0 Å². The van der Waals surface area contributed by atoms with E-state index >= 15 is 0 Å². The molecule has 0 aliphatic carbocycles. The highest BCUT2D eigenvalue weighted by Crippen LogP contribution is 2.21. The summed E-state index contributed by atoms with van der Waals surface area (Å²) < 4.78 is 31.9. The quantitative estimate of drug-likeness (QED) is 0.618. The first-order chi connectivity index (χ1) is 9.99. The van der Waals surface area contributed by atoms with Crippen molar-refractivity contribution in [1.82, 2.24) is 14.6 Å². The lowest BCUT2D eigenvalue weighted by Gasteiger charge is -2.26. The average Bonchev–Trinajstić information content (AvgIpc) is 2.47. The van der Waals surface area contributed by atoms with Crippen molar-refractivity contribution < 1.29 is 13.2 Å². The van der Waals surface area contributed by atoms with Gasteiger partial charge in [0.2, 0.25) is 10.0 Å². The second kappa shape index (κ2) is 7.71. The summed E-state index contributed by atoms with van der Waals surface area (Å²) in [7, 11) is -3.60. The van der Waals surface area contributed by atoms with Crippen molar-refractivity contribution in [3.63, 3.8) is 0 Å². The lowest BCUT2D eigenvalue weighted by atomic mass is 10.3. The summed E-state index contributed by atoms with van der Waals surface area (Å²) in [5, 5.41) is 0.204. The molecule has 1 aromatic rings. The van der Waals surface area contributed by atoms with Crippen molar-refractivity contribution in [3.8, 4) is 0 Å². The molecule has 1 saturated heterocycles. The third kappa shape index (κ3) is 5.05. The summed E-state index contributed by atoms with van der Waals surface area (Å²) in [6, 6.07) is 1.29. The number of nitrogens with zero attached hydrogens (tertiary/aromatic N) is 2. The fraction of sp³-hybridized carbons (Fsp3) is 0.583. The van der Waals surface area contributed by atoms with Gasteiger partial charge in [0.1, 0.15) is 10.0 Å². The van der Waals surface area contributed by atoms with Gasteiger partial charge >= 0.3 is 0 Å². The highest BCUT2D eigenvalue weighted by Gasteiger charge is 2.16. The Kier molecular flexibility index (Phi) is 6.21. The zero-order chi connectivity index (χ0) is 15.3. The van der Waals surface area contributed by atoms with Gasteiger partial charge in [-0.1, -0.05) is 23.2 Å². The fourth-order valence-corrected chi connectivity index (χ4v) is 3.35. The summed E-state index contributed by atoms with van der Waals surface area (Å²) in [5.41, 5.74) is 0. The van der Waals surface area contributed by atoms with Crippen molar-refractivity contribution in [3.05, 3.63) is 22.4 Å². The number of rotatable bonds is 6. The molecule has 0 aromatic carbocycles. The van der Waals surface area contributed by atoms with Crippen LogP contribution in [0, 0.1) is 0 Å². The van der Waals surface area contributed by atoms with Gasteiger partial charge in [-0.25, -0.2) is 18.1 Å². The van der Waals surface area contributed by atoms with E-state index in [1.54, 1.807) is 0 Å². The van der Waals surface area contributed by atoms with Crippen LogP contribution in [0.5, 0.6) is 0 Å². The lowest BCUT2D eigenvalue weighted by molar-refractivity contribution is 0.0376. The Morgan fingerprint density at radius 2 is 2.05 bits per heavy atom. The Balaban J connectivity index is 1.82. The van der Waals surface area contributed by atoms with E-state index < -0.39 is 10.0 Å². The summed E-state index contributed by atoms with van der Waals surface area (Å²) in [5.74, 6) is 0. The SMILES string of the molecule is O=S(=O)(NCCCN1CCOCC1)c1cnc(Cl)c(Cl)c1. The monoisotopic (exact) mass is 353 g/mol. The van der Waals surface area contributed by atoms with Crippen LogP contribution < -0.4 is 4.72 Å². The molecule has 1 fully saturated rings. The molecule has 0 atom stereocenters. The Morgan fingerprint density at radius 3 is 2.71 bits per heavy atom. The van der Waals surface area contributed by atoms with Gasteiger partial charge in [0.15, 0.2) is 0 Å². The summed E-state index contributed by atoms with van der Waals surface area (Å²) >= 11 is 11.4. The Hall–Kier alpha value is -0.440. The zero-order valence-corrected chi connectivity index (χ0v) is 13.7. The normalized spacial score (nSPS) is 17.0. The van der Waals surface area contributed by atoms with E-state index in [2.05, 4.69) is 14.6 Å². The molecule has 0 bridgehead atoms. The van der Waals surface area contributed by atoms with Crippen molar-refractivity contribution in [2.45, 2.75) is 11.3 Å². The van der Waals surface area contributed by atoms with Crippen LogP contribution in [0.25, 0.3) is 0 Å². The molecule has 0 saturated carbocycles.